The second-order valence-corrected chi connectivity index (χ2v) is 5.86. The Morgan fingerprint density at radius 2 is 1.85 bits per heavy atom. The molecule has 1 aromatic rings. The average molecular weight is 312 g/mol. The van der Waals surface area contributed by atoms with Crippen LogP contribution in [0, 0.1) is 17.5 Å². The summed E-state index contributed by atoms with van der Waals surface area (Å²) in [6.07, 6.45) is -0.588. The number of aliphatic hydroxyl groups is 1. The van der Waals surface area contributed by atoms with E-state index in [4.69, 9.17) is 5.11 Å². The first kappa shape index (κ1) is 16.9. The average Bonchev–Trinajstić information content (AvgIpc) is 2.34. The Kier molecular flexibility index (Phi) is 5.93. The van der Waals surface area contributed by atoms with Gasteiger partial charge in [-0.25, -0.2) is 26.3 Å². The topological polar surface area (TPSA) is 78.4 Å². The van der Waals surface area contributed by atoms with Gasteiger partial charge >= 0.3 is 0 Å². The Hall–Kier alpha value is -1.16. The van der Waals surface area contributed by atoms with E-state index >= 15 is 0 Å². The molecule has 0 radical (unpaired) electrons. The number of hydrogen-bond acceptors (Lipinski definition) is 4. The van der Waals surface area contributed by atoms with Gasteiger partial charge in [-0.1, -0.05) is 0 Å². The van der Waals surface area contributed by atoms with Crippen molar-refractivity contribution in [3.8, 4) is 0 Å². The van der Waals surface area contributed by atoms with Gasteiger partial charge in [-0.3, -0.25) is 0 Å². The standard InChI is InChI=1S/C11H15F3N2O3S/c1-7(17)6-15-4-5-16-20(18,19)9-3-2-8(12)10(13)11(9)14/h2-3,7,15-17H,4-6H2,1H3. The lowest BCUT2D eigenvalue weighted by Crippen LogP contribution is -2.35. The number of benzene rings is 1. The van der Waals surface area contributed by atoms with Crippen molar-refractivity contribution in [2.24, 2.45) is 0 Å². The van der Waals surface area contributed by atoms with Crippen molar-refractivity contribution in [3.05, 3.63) is 29.6 Å². The van der Waals surface area contributed by atoms with Gasteiger partial charge in [0.05, 0.1) is 6.10 Å². The summed E-state index contributed by atoms with van der Waals surface area (Å²) in [7, 11) is -4.27. The zero-order valence-electron chi connectivity index (χ0n) is 10.7. The fraction of sp³-hybridized carbons (Fsp3) is 0.455. The molecular formula is C11H15F3N2O3S. The molecule has 1 atom stereocenters. The van der Waals surface area contributed by atoms with Gasteiger partial charge in [0.2, 0.25) is 10.0 Å². The number of nitrogens with one attached hydrogen (secondary N) is 2. The van der Waals surface area contributed by atoms with Crippen LogP contribution in [0.2, 0.25) is 0 Å². The minimum Gasteiger partial charge on any atom is -0.392 e. The molecule has 0 amide bonds. The third-order valence-electron chi connectivity index (χ3n) is 2.32. The van der Waals surface area contributed by atoms with Crippen LogP contribution in [-0.4, -0.2) is 39.3 Å². The lowest BCUT2D eigenvalue weighted by atomic mass is 10.3. The lowest BCUT2D eigenvalue weighted by molar-refractivity contribution is 0.192. The van der Waals surface area contributed by atoms with Crippen molar-refractivity contribution in [2.45, 2.75) is 17.9 Å². The number of hydrogen-bond donors (Lipinski definition) is 3. The second-order valence-electron chi connectivity index (χ2n) is 4.12. The van der Waals surface area contributed by atoms with Crippen LogP contribution < -0.4 is 10.0 Å². The Bertz CT molecular complexity index is 564. The van der Waals surface area contributed by atoms with Crippen LogP contribution in [0.25, 0.3) is 0 Å². The van der Waals surface area contributed by atoms with Crippen LogP contribution in [0.1, 0.15) is 6.92 Å². The van der Waals surface area contributed by atoms with E-state index in [1.54, 1.807) is 6.92 Å². The molecule has 1 rings (SSSR count). The van der Waals surface area contributed by atoms with Crippen LogP contribution in [0.3, 0.4) is 0 Å². The summed E-state index contributed by atoms with van der Waals surface area (Å²) in [5, 5.41) is 11.7. The van der Waals surface area contributed by atoms with Crippen molar-refractivity contribution >= 4 is 10.0 Å². The molecule has 0 spiro atoms. The molecule has 0 heterocycles. The maximum atomic E-state index is 13.4. The van der Waals surface area contributed by atoms with Crippen molar-refractivity contribution in [1.29, 1.82) is 0 Å². The summed E-state index contributed by atoms with van der Waals surface area (Å²) in [6.45, 7) is 1.91. The zero-order valence-corrected chi connectivity index (χ0v) is 11.5. The lowest BCUT2D eigenvalue weighted by Gasteiger charge is -2.10. The Labute approximate surface area is 114 Å². The van der Waals surface area contributed by atoms with Crippen molar-refractivity contribution in [2.75, 3.05) is 19.6 Å². The SMILES string of the molecule is CC(O)CNCCNS(=O)(=O)c1ccc(F)c(F)c1F. The third-order valence-corrected chi connectivity index (χ3v) is 3.80. The van der Waals surface area contributed by atoms with Crippen LogP contribution in [0.15, 0.2) is 17.0 Å². The number of aliphatic hydroxyl groups excluding tert-OH is 1. The molecule has 1 unspecified atom stereocenters. The predicted molar refractivity (Wildman–Crippen MR) is 66.1 cm³/mol. The second kappa shape index (κ2) is 7.02. The van der Waals surface area contributed by atoms with Crippen molar-refractivity contribution in [1.82, 2.24) is 10.0 Å². The molecule has 0 aliphatic carbocycles. The van der Waals surface area contributed by atoms with Gasteiger partial charge in [-0.2, -0.15) is 0 Å². The minimum absolute atomic E-state index is 0.0898. The first-order chi connectivity index (χ1) is 9.25. The summed E-state index contributed by atoms with van der Waals surface area (Å²) in [6, 6.07) is 1.19. The highest BCUT2D eigenvalue weighted by Crippen LogP contribution is 2.19. The quantitative estimate of drug-likeness (QED) is 0.501. The summed E-state index contributed by atoms with van der Waals surface area (Å²) < 4.78 is 64.5. The zero-order chi connectivity index (χ0) is 15.3. The van der Waals surface area contributed by atoms with Gasteiger partial charge in [0, 0.05) is 19.6 Å². The maximum Gasteiger partial charge on any atom is 0.243 e. The van der Waals surface area contributed by atoms with Crippen LogP contribution in [-0.2, 0) is 10.0 Å². The monoisotopic (exact) mass is 312 g/mol. The molecule has 0 aromatic heterocycles. The minimum atomic E-state index is -4.27. The van der Waals surface area contributed by atoms with E-state index in [-0.39, 0.29) is 19.6 Å². The Morgan fingerprint density at radius 1 is 1.20 bits per heavy atom. The molecule has 3 N–H and O–H groups in total. The van der Waals surface area contributed by atoms with Gasteiger partial charge < -0.3 is 10.4 Å². The highest BCUT2D eigenvalue weighted by Gasteiger charge is 2.23. The summed E-state index contributed by atoms with van der Waals surface area (Å²) in [5.74, 6) is -5.05. The molecule has 20 heavy (non-hydrogen) atoms. The first-order valence-electron chi connectivity index (χ1n) is 5.77. The van der Waals surface area contributed by atoms with Gasteiger partial charge in [0.1, 0.15) is 4.90 Å². The molecule has 0 bridgehead atoms. The maximum absolute atomic E-state index is 13.4. The van der Waals surface area contributed by atoms with E-state index in [2.05, 4.69) is 5.32 Å². The van der Waals surface area contributed by atoms with Crippen LogP contribution >= 0.6 is 0 Å². The van der Waals surface area contributed by atoms with Gasteiger partial charge in [0.15, 0.2) is 17.5 Å². The predicted octanol–water partition coefficient (Wildman–Crippen LogP) is 0.353. The summed E-state index contributed by atoms with van der Waals surface area (Å²) >= 11 is 0. The van der Waals surface area contributed by atoms with Crippen LogP contribution in [0.4, 0.5) is 13.2 Å². The molecule has 0 saturated heterocycles. The Balaban J connectivity index is 2.68. The molecule has 5 nitrogen and oxygen atoms in total. The smallest absolute Gasteiger partial charge is 0.243 e. The molecular weight excluding hydrogens is 297 g/mol. The number of sulfonamides is 1. The summed E-state index contributed by atoms with van der Waals surface area (Å²) in [5.41, 5.74) is 0. The van der Waals surface area contributed by atoms with E-state index in [0.29, 0.717) is 12.1 Å². The largest absolute Gasteiger partial charge is 0.392 e. The van der Waals surface area contributed by atoms with E-state index in [1.165, 1.54) is 0 Å². The van der Waals surface area contributed by atoms with E-state index in [1.807, 2.05) is 4.72 Å². The Morgan fingerprint density at radius 3 is 2.45 bits per heavy atom. The highest BCUT2D eigenvalue weighted by atomic mass is 32.2. The van der Waals surface area contributed by atoms with Crippen molar-refractivity contribution < 1.29 is 26.7 Å². The molecule has 0 aliphatic heterocycles. The number of rotatable bonds is 7. The van der Waals surface area contributed by atoms with E-state index in [9.17, 15) is 21.6 Å². The summed E-state index contributed by atoms with van der Waals surface area (Å²) in [4.78, 5) is -0.952. The molecule has 1 aromatic carbocycles. The fourth-order valence-electron chi connectivity index (χ4n) is 1.38. The van der Waals surface area contributed by atoms with Gasteiger partial charge in [0.25, 0.3) is 0 Å². The first-order valence-corrected chi connectivity index (χ1v) is 7.26. The van der Waals surface area contributed by atoms with Gasteiger partial charge in [-0.05, 0) is 19.1 Å². The molecule has 0 saturated carbocycles. The molecule has 9 heteroatoms. The molecule has 0 aliphatic rings. The highest BCUT2D eigenvalue weighted by molar-refractivity contribution is 7.89. The van der Waals surface area contributed by atoms with Crippen molar-refractivity contribution in [3.63, 3.8) is 0 Å². The molecule has 114 valence electrons. The van der Waals surface area contributed by atoms with Gasteiger partial charge in [-0.15, -0.1) is 0 Å². The normalized spacial score (nSPS) is 13.4. The molecule has 0 fully saturated rings. The van der Waals surface area contributed by atoms with E-state index < -0.39 is 38.5 Å². The van der Waals surface area contributed by atoms with Crippen LogP contribution in [0.5, 0.6) is 0 Å². The number of halogens is 3. The fourth-order valence-corrected chi connectivity index (χ4v) is 2.48. The van der Waals surface area contributed by atoms with E-state index in [0.717, 1.165) is 0 Å². The third kappa shape index (κ3) is 4.44.